The molecule has 0 unspecified atom stereocenters. The number of piperazine rings is 1. The van der Waals surface area contributed by atoms with Crippen molar-refractivity contribution in [2.75, 3.05) is 32.7 Å². The van der Waals surface area contributed by atoms with Gasteiger partial charge in [0.05, 0.1) is 6.10 Å². The molecule has 1 fully saturated rings. The molecule has 7 nitrogen and oxygen atoms in total. The number of carbonyl (C=O) groups excluding carboxylic acids is 2. The van der Waals surface area contributed by atoms with Crippen LogP contribution in [0.3, 0.4) is 0 Å². The van der Waals surface area contributed by atoms with Gasteiger partial charge in [-0.1, -0.05) is 25.6 Å². The minimum Gasteiger partial charge on any atom is -0.484 e. The molecule has 1 aliphatic rings. The van der Waals surface area contributed by atoms with E-state index in [1.165, 1.54) is 12.1 Å². The fourth-order valence-electron chi connectivity index (χ4n) is 4.20. The number of nitrogens with one attached hydrogen (secondary N) is 1. The average Bonchev–Trinajstić information content (AvgIpc) is 2.88. The number of benzene rings is 2. The maximum absolute atomic E-state index is 14.4. The van der Waals surface area contributed by atoms with E-state index in [0.29, 0.717) is 55.0 Å². The lowest BCUT2D eigenvalue weighted by Crippen LogP contribution is -2.54. The lowest BCUT2D eigenvalue weighted by atomic mass is 10.0. The SMILES string of the molecule is C=CC(=O)N1CCN(C[C@H](Oc2ccc(C(=O)NC[C@H](O)CC)cc2)c2ccc(C)c(F)c2)C[C@H]1C. The number of hydrogen-bond donors (Lipinski definition) is 2. The summed E-state index contributed by atoms with van der Waals surface area (Å²) < 4.78 is 20.7. The predicted octanol–water partition coefficient (Wildman–Crippen LogP) is 3.47. The van der Waals surface area contributed by atoms with Crippen LogP contribution in [0.15, 0.2) is 55.1 Å². The van der Waals surface area contributed by atoms with E-state index in [-0.39, 0.29) is 30.2 Å². The van der Waals surface area contributed by atoms with Crippen molar-refractivity contribution in [3.63, 3.8) is 0 Å². The van der Waals surface area contributed by atoms with Crippen LogP contribution in [-0.4, -0.2) is 71.6 Å². The highest BCUT2D eigenvalue weighted by atomic mass is 19.1. The first-order chi connectivity index (χ1) is 17.2. The summed E-state index contributed by atoms with van der Waals surface area (Å²) >= 11 is 0. The van der Waals surface area contributed by atoms with Crippen LogP contribution in [-0.2, 0) is 4.79 Å². The quantitative estimate of drug-likeness (QED) is 0.492. The fourth-order valence-corrected chi connectivity index (χ4v) is 4.20. The summed E-state index contributed by atoms with van der Waals surface area (Å²) in [4.78, 5) is 28.4. The summed E-state index contributed by atoms with van der Waals surface area (Å²) in [5.74, 6) is -0.0900. The van der Waals surface area contributed by atoms with Gasteiger partial charge in [-0.3, -0.25) is 14.5 Å². The summed E-state index contributed by atoms with van der Waals surface area (Å²) in [6, 6.07) is 11.9. The first-order valence-electron chi connectivity index (χ1n) is 12.4. The lowest BCUT2D eigenvalue weighted by molar-refractivity contribution is -0.130. The summed E-state index contributed by atoms with van der Waals surface area (Å²) in [7, 11) is 0. The van der Waals surface area contributed by atoms with Crippen molar-refractivity contribution in [2.24, 2.45) is 0 Å². The number of halogens is 1. The molecule has 3 rings (SSSR count). The highest BCUT2D eigenvalue weighted by molar-refractivity contribution is 5.94. The zero-order valence-corrected chi connectivity index (χ0v) is 21.2. The Bertz CT molecular complexity index is 1060. The first kappa shape index (κ1) is 27.4. The molecule has 3 atom stereocenters. The van der Waals surface area contributed by atoms with E-state index >= 15 is 0 Å². The third-order valence-electron chi connectivity index (χ3n) is 6.53. The molecule has 1 aliphatic heterocycles. The number of aryl methyl sites for hydroxylation is 1. The normalized spacial score (nSPS) is 17.8. The Morgan fingerprint density at radius 1 is 1.25 bits per heavy atom. The maximum Gasteiger partial charge on any atom is 0.251 e. The van der Waals surface area contributed by atoms with Crippen LogP contribution in [0, 0.1) is 12.7 Å². The van der Waals surface area contributed by atoms with E-state index in [1.54, 1.807) is 42.2 Å². The Hall–Kier alpha value is -3.23. The molecule has 1 heterocycles. The van der Waals surface area contributed by atoms with Crippen LogP contribution >= 0.6 is 0 Å². The van der Waals surface area contributed by atoms with Crippen LogP contribution in [0.5, 0.6) is 5.75 Å². The second-order valence-corrected chi connectivity index (χ2v) is 9.26. The highest BCUT2D eigenvalue weighted by Gasteiger charge is 2.28. The van der Waals surface area contributed by atoms with Gasteiger partial charge in [0.1, 0.15) is 17.7 Å². The molecule has 0 aromatic heterocycles. The molecule has 194 valence electrons. The first-order valence-corrected chi connectivity index (χ1v) is 12.4. The van der Waals surface area contributed by atoms with Crippen LogP contribution < -0.4 is 10.1 Å². The van der Waals surface area contributed by atoms with Gasteiger partial charge in [-0.2, -0.15) is 0 Å². The van der Waals surface area contributed by atoms with E-state index in [2.05, 4.69) is 16.8 Å². The Kier molecular flexibility index (Phi) is 9.61. The van der Waals surface area contributed by atoms with E-state index < -0.39 is 12.2 Å². The van der Waals surface area contributed by atoms with Crippen molar-refractivity contribution >= 4 is 11.8 Å². The molecule has 2 N–H and O–H groups in total. The van der Waals surface area contributed by atoms with Gasteiger partial charge in [0.2, 0.25) is 5.91 Å². The van der Waals surface area contributed by atoms with E-state index in [9.17, 15) is 19.1 Å². The van der Waals surface area contributed by atoms with Gasteiger partial charge < -0.3 is 20.1 Å². The van der Waals surface area contributed by atoms with Gasteiger partial charge >= 0.3 is 0 Å². The maximum atomic E-state index is 14.4. The topological polar surface area (TPSA) is 82.1 Å². The summed E-state index contributed by atoms with van der Waals surface area (Å²) in [6.45, 7) is 11.8. The second kappa shape index (κ2) is 12.6. The second-order valence-electron chi connectivity index (χ2n) is 9.26. The van der Waals surface area contributed by atoms with E-state index in [4.69, 9.17) is 4.74 Å². The van der Waals surface area contributed by atoms with Crippen molar-refractivity contribution < 1.29 is 23.8 Å². The molecule has 0 spiro atoms. The fraction of sp³-hybridized carbons (Fsp3) is 0.429. The van der Waals surface area contributed by atoms with Crippen molar-refractivity contribution in [2.45, 2.75) is 45.4 Å². The molecule has 0 radical (unpaired) electrons. The molecule has 36 heavy (non-hydrogen) atoms. The minimum absolute atomic E-state index is 0.0173. The predicted molar refractivity (Wildman–Crippen MR) is 137 cm³/mol. The number of carbonyl (C=O) groups is 2. The molecular weight excluding hydrogens is 461 g/mol. The summed E-state index contributed by atoms with van der Waals surface area (Å²) in [6.07, 6.45) is 0.871. The molecule has 0 saturated carbocycles. The largest absolute Gasteiger partial charge is 0.484 e. The van der Waals surface area contributed by atoms with Gasteiger partial charge in [0.25, 0.3) is 5.91 Å². The van der Waals surface area contributed by atoms with Crippen LogP contribution in [0.4, 0.5) is 4.39 Å². The number of aliphatic hydroxyl groups is 1. The number of ether oxygens (including phenoxy) is 1. The summed E-state index contributed by atoms with van der Waals surface area (Å²) in [5.41, 5.74) is 1.73. The van der Waals surface area contributed by atoms with Gasteiger partial charge in [-0.25, -0.2) is 4.39 Å². The Morgan fingerprint density at radius 2 is 1.97 bits per heavy atom. The monoisotopic (exact) mass is 497 g/mol. The van der Waals surface area contributed by atoms with Gasteiger partial charge in [0, 0.05) is 44.3 Å². The van der Waals surface area contributed by atoms with Crippen LogP contribution in [0.2, 0.25) is 0 Å². The number of nitrogens with zero attached hydrogens (tertiary/aromatic N) is 2. The number of hydrogen-bond acceptors (Lipinski definition) is 5. The third-order valence-corrected chi connectivity index (χ3v) is 6.53. The number of aliphatic hydroxyl groups excluding tert-OH is 1. The van der Waals surface area contributed by atoms with Crippen molar-refractivity contribution in [1.82, 2.24) is 15.1 Å². The number of rotatable bonds is 10. The smallest absolute Gasteiger partial charge is 0.251 e. The number of amides is 2. The Labute approximate surface area is 212 Å². The Balaban J connectivity index is 1.73. The summed E-state index contributed by atoms with van der Waals surface area (Å²) in [5, 5.41) is 12.4. The molecule has 2 amide bonds. The molecule has 0 aliphatic carbocycles. The molecule has 2 aromatic rings. The van der Waals surface area contributed by atoms with Crippen molar-refractivity contribution in [3.05, 3.63) is 77.6 Å². The van der Waals surface area contributed by atoms with Crippen LogP contribution in [0.1, 0.15) is 47.9 Å². The molecule has 0 bridgehead atoms. The van der Waals surface area contributed by atoms with Gasteiger partial charge in [0.15, 0.2) is 0 Å². The van der Waals surface area contributed by atoms with E-state index in [1.807, 2.05) is 19.9 Å². The van der Waals surface area contributed by atoms with Crippen LogP contribution in [0.25, 0.3) is 0 Å². The zero-order valence-electron chi connectivity index (χ0n) is 21.2. The van der Waals surface area contributed by atoms with E-state index in [0.717, 1.165) is 0 Å². The standard InChI is InChI=1S/C28H36FN3O4/c1-5-23(33)16-30-28(35)21-9-11-24(12-10-21)36-26(22-8-7-19(3)25(29)15-22)18-31-13-14-32(20(4)17-31)27(34)6-2/h6-12,15,20,23,26,33H,2,5,13-14,16-18H2,1,3-4H3,(H,30,35)/t20-,23-,26+/m1/s1. The van der Waals surface area contributed by atoms with Crippen molar-refractivity contribution in [3.8, 4) is 5.75 Å². The van der Waals surface area contributed by atoms with Gasteiger partial charge in [-0.05, 0) is 67.8 Å². The zero-order chi connectivity index (χ0) is 26.2. The molecule has 2 aromatic carbocycles. The molecule has 8 heteroatoms. The minimum atomic E-state index is -0.577. The van der Waals surface area contributed by atoms with Gasteiger partial charge in [-0.15, -0.1) is 0 Å². The molecule has 1 saturated heterocycles. The third kappa shape index (κ3) is 7.15. The average molecular weight is 498 g/mol. The lowest BCUT2D eigenvalue weighted by Gasteiger charge is -2.40. The molecular formula is C28H36FN3O4. The van der Waals surface area contributed by atoms with Crippen molar-refractivity contribution in [1.29, 1.82) is 0 Å². The highest BCUT2D eigenvalue weighted by Crippen LogP contribution is 2.26. The Morgan fingerprint density at radius 3 is 2.58 bits per heavy atom.